The van der Waals surface area contributed by atoms with Crippen molar-refractivity contribution >= 4 is 11.4 Å². The fraction of sp³-hybridized carbons (Fsp3) is 0.571. The molecule has 17 heavy (non-hydrogen) atoms. The Morgan fingerprint density at radius 3 is 2.59 bits per heavy atom. The van der Waals surface area contributed by atoms with Crippen LogP contribution in [0.4, 0.5) is 11.4 Å². The van der Waals surface area contributed by atoms with Crippen molar-refractivity contribution in [1.29, 1.82) is 0 Å². The van der Waals surface area contributed by atoms with Crippen LogP contribution in [0.15, 0.2) is 24.3 Å². The molecule has 0 saturated heterocycles. The first-order valence-corrected chi connectivity index (χ1v) is 6.39. The van der Waals surface area contributed by atoms with Gasteiger partial charge in [-0.2, -0.15) is 0 Å². The molecule has 2 rings (SSSR count). The summed E-state index contributed by atoms with van der Waals surface area (Å²) < 4.78 is 0. The van der Waals surface area contributed by atoms with Gasteiger partial charge in [-0.15, -0.1) is 0 Å². The van der Waals surface area contributed by atoms with Crippen molar-refractivity contribution in [2.45, 2.75) is 37.8 Å². The van der Waals surface area contributed by atoms with Gasteiger partial charge in [-0.3, -0.25) is 0 Å². The van der Waals surface area contributed by atoms with E-state index in [4.69, 9.17) is 0 Å². The normalized spacial score (nSPS) is 24.4. The van der Waals surface area contributed by atoms with E-state index in [1.165, 1.54) is 12.1 Å². The monoisotopic (exact) mass is 234 g/mol. The van der Waals surface area contributed by atoms with Gasteiger partial charge in [0.1, 0.15) is 0 Å². The molecule has 0 radical (unpaired) electrons. The van der Waals surface area contributed by atoms with E-state index >= 15 is 0 Å². The molecule has 0 spiro atoms. The van der Waals surface area contributed by atoms with Gasteiger partial charge in [0, 0.05) is 14.1 Å². The summed E-state index contributed by atoms with van der Waals surface area (Å²) in [7, 11) is 4.08. The lowest BCUT2D eigenvalue weighted by atomic mass is 9.92. The minimum absolute atomic E-state index is 0.199. The van der Waals surface area contributed by atoms with Crippen LogP contribution in [0.3, 0.4) is 0 Å². The lowest BCUT2D eigenvalue weighted by molar-refractivity contribution is 0.116. The predicted molar refractivity (Wildman–Crippen MR) is 72.7 cm³/mol. The molecule has 1 saturated carbocycles. The number of anilines is 2. The van der Waals surface area contributed by atoms with Crippen LogP contribution in [-0.2, 0) is 0 Å². The second kappa shape index (κ2) is 5.41. The van der Waals surface area contributed by atoms with Gasteiger partial charge in [0.05, 0.1) is 23.5 Å². The number of hydrogen-bond acceptors (Lipinski definition) is 3. The molecular weight excluding hydrogens is 212 g/mol. The van der Waals surface area contributed by atoms with Crippen molar-refractivity contribution in [2.24, 2.45) is 0 Å². The first-order chi connectivity index (χ1) is 8.18. The zero-order valence-corrected chi connectivity index (χ0v) is 10.7. The van der Waals surface area contributed by atoms with Crippen LogP contribution >= 0.6 is 0 Å². The smallest absolute Gasteiger partial charge is 0.0741 e. The molecule has 0 bridgehead atoms. The van der Waals surface area contributed by atoms with Gasteiger partial charge in [0.15, 0.2) is 0 Å². The highest BCUT2D eigenvalue weighted by molar-refractivity contribution is 5.69. The number of hydrogen-bond donors (Lipinski definition) is 2. The molecule has 0 aromatic heterocycles. The minimum atomic E-state index is -0.209. The highest BCUT2D eigenvalue weighted by Gasteiger charge is 2.23. The van der Waals surface area contributed by atoms with Gasteiger partial charge in [0.25, 0.3) is 0 Å². The highest BCUT2D eigenvalue weighted by Crippen LogP contribution is 2.28. The molecule has 1 aliphatic carbocycles. The maximum atomic E-state index is 9.98. The fourth-order valence-corrected chi connectivity index (χ4v) is 2.47. The lowest BCUT2D eigenvalue weighted by Crippen LogP contribution is -2.36. The van der Waals surface area contributed by atoms with Crippen LogP contribution in [-0.4, -0.2) is 31.3 Å². The topological polar surface area (TPSA) is 35.5 Å². The van der Waals surface area contributed by atoms with Crippen LogP contribution in [0.5, 0.6) is 0 Å². The zero-order valence-electron chi connectivity index (χ0n) is 10.7. The van der Waals surface area contributed by atoms with E-state index in [-0.39, 0.29) is 12.1 Å². The van der Waals surface area contributed by atoms with Crippen molar-refractivity contribution in [3.63, 3.8) is 0 Å². The van der Waals surface area contributed by atoms with Crippen molar-refractivity contribution in [3.8, 4) is 0 Å². The third-order valence-electron chi connectivity index (χ3n) is 3.46. The van der Waals surface area contributed by atoms with Crippen LogP contribution in [0, 0.1) is 0 Å². The van der Waals surface area contributed by atoms with E-state index < -0.39 is 0 Å². The molecular formula is C14H22N2O. The Kier molecular flexibility index (Phi) is 3.89. The molecule has 0 amide bonds. The summed E-state index contributed by atoms with van der Waals surface area (Å²) in [5, 5.41) is 13.5. The molecule has 1 aromatic rings. The van der Waals surface area contributed by atoms with E-state index in [9.17, 15) is 5.11 Å². The standard InChI is InChI=1S/C14H22N2O/c1-16(2)13-9-5-3-7-11(13)15-12-8-4-6-10-14(12)17/h3,5,7,9,12,14-15,17H,4,6,8,10H2,1-2H3. The van der Waals surface area contributed by atoms with E-state index in [0.29, 0.717) is 0 Å². The average Bonchev–Trinajstić information content (AvgIpc) is 2.32. The molecule has 2 atom stereocenters. The molecule has 2 N–H and O–H groups in total. The van der Waals surface area contributed by atoms with Crippen LogP contribution in [0.2, 0.25) is 0 Å². The average molecular weight is 234 g/mol. The number of nitrogens with one attached hydrogen (secondary N) is 1. The molecule has 94 valence electrons. The molecule has 0 heterocycles. The number of para-hydroxylation sites is 2. The number of rotatable bonds is 3. The van der Waals surface area contributed by atoms with Crippen LogP contribution < -0.4 is 10.2 Å². The molecule has 0 aliphatic heterocycles. The summed E-state index contributed by atoms with van der Waals surface area (Å²) in [5.74, 6) is 0. The molecule has 1 fully saturated rings. The second-order valence-electron chi connectivity index (χ2n) is 5.01. The summed E-state index contributed by atoms with van der Waals surface area (Å²) in [6.45, 7) is 0. The van der Waals surface area contributed by atoms with Gasteiger partial charge >= 0.3 is 0 Å². The van der Waals surface area contributed by atoms with E-state index in [0.717, 1.165) is 24.9 Å². The molecule has 3 heteroatoms. The summed E-state index contributed by atoms with van der Waals surface area (Å²) >= 11 is 0. The molecule has 1 aromatic carbocycles. The van der Waals surface area contributed by atoms with Gasteiger partial charge in [-0.05, 0) is 25.0 Å². The summed E-state index contributed by atoms with van der Waals surface area (Å²) in [6, 6.07) is 8.45. The Hall–Kier alpha value is -1.22. The minimum Gasteiger partial charge on any atom is -0.391 e. The fourth-order valence-electron chi connectivity index (χ4n) is 2.47. The summed E-state index contributed by atoms with van der Waals surface area (Å²) in [4.78, 5) is 2.09. The zero-order chi connectivity index (χ0) is 12.3. The first-order valence-electron chi connectivity index (χ1n) is 6.39. The van der Waals surface area contributed by atoms with E-state index in [1.54, 1.807) is 0 Å². The number of aliphatic hydroxyl groups is 1. The van der Waals surface area contributed by atoms with Gasteiger partial charge < -0.3 is 15.3 Å². The van der Waals surface area contributed by atoms with Crippen LogP contribution in [0.1, 0.15) is 25.7 Å². The second-order valence-corrected chi connectivity index (χ2v) is 5.01. The van der Waals surface area contributed by atoms with Crippen LogP contribution in [0.25, 0.3) is 0 Å². The first kappa shape index (κ1) is 12.2. The third kappa shape index (κ3) is 2.91. The third-order valence-corrected chi connectivity index (χ3v) is 3.46. The van der Waals surface area contributed by atoms with E-state index in [2.05, 4.69) is 22.3 Å². The van der Waals surface area contributed by atoms with Crippen molar-refractivity contribution in [2.75, 3.05) is 24.3 Å². The predicted octanol–water partition coefficient (Wildman–Crippen LogP) is 2.47. The maximum absolute atomic E-state index is 9.98. The largest absolute Gasteiger partial charge is 0.391 e. The Labute approximate surface area is 103 Å². The van der Waals surface area contributed by atoms with Crippen molar-refractivity contribution in [1.82, 2.24) is 0 Å². The molecule has 1 aliphatic rings. The SMILES string of the molecule is CN(C)c1ccccc1NC1CCCCC1O. The Morgan fingerprint density at radius 1 is 1.18 bits per heavy atom. The Balaban J connectivity index is 2.12. The highest BCUT2D eigenvalue weighted by atomic mass is 16.3. The van der Waals surface area contributed by atoms with Gasteiger partial charge in [-0.25, -0.2) is 0 Å². The number of aliphatic hydroxyl groups excluding tert-OH is 1. The quantitative estimate of drug-likeness (QED) is 0.843. The lowest BCUT2D eigenvalue weighted by Gasteiger charge is -2.30. The van der Waals surface area contributed by atoms with E-state index in [1.807, 2.05) is 26.2 Å². The maximum Gasteiger partial charge on any atom is 0.0741 e. The van der Waals surface area contributed by atoms with Crippen molar-refractivity contribution in [3.05, 3.63) is 24.3 Å². The number of nitrogens with zero attached hydrogens (tertiary/aromatic N) is 1. The van der Waals surface area contributed by atoms with Gasteiger partial charge in [-0.1, -0.05) is 25.0 Å². The molecule has 2 unspecified atom stereocenters. The summed E-state index contributed by atoms with van der Waals surface area (Å²) in [5.41, 5.74) is 2.29. The van der Waals surface area contributed by atoms with Crippen molar-refractivity contribution < 1.29 is 5.11 Å². The number of benzene rings is 1. The molecule has 3 nitrogen and oxygen atoms in total. The Morgan fingerprint density at radius 2 is 1.88 bits per heavy atom. The summed E-state index contributed by atoms with van der Waals surface area (Å²) in [6.07, 6.45) is 4.12. The Bertz CT molecular complexity index is 365. The van der Waals surface area contributed by atoms with Gasteiger partial charge in [0.2, 0.25) is 0 Å².